The number of halogens is 3. The fourth-order valence-corrected chi connectivity index (χ4v) is 1.35. The van der Waals surface area contributed by atoms with E-state index in [1.807, 2.05) is 6.92 Å². The maximum atomic E-state index is 12.1. The second-order valence-corrected chi connectivity index (χ2v) is 4.16. The lowest BCUT2D eigenvalue weighted by Crippen LogP contribution is -2.23. The highest BCUT2D eigenvalue weighted by Gasteiger charge is 2.26. The van der Waals surface area contributed by atoms with Crippen LogP contribution in [0.1, 0.15) is 39.5 Å². The van der Waals surface area contributed by atoms with Gasteiger partial charge in [0.25, 0.3) is 0 Å². The molecule has 0 N–H and O–H groups in total. The third-order valence-electron chi connectivity index (χ3n) is 2.65. The Bertz CT molecular complexity index is 204. The summed E-state index contributed by atoms with van der Waals surface area (Å²) in [7, 11) is 0. The van der Waals surface area contributed by atoms with Crippen LogP contribution in [0.2, 0.25) is 0 Å². The first kappa shape index (κ1) is 15.6. The van der Waals surface area contributed by atoms with Crippen LogP contribution >= 0.6 is 0 Å². The van der Waals surface area contributed by atoms with Crippen molar-refractivity contribution in [3.8, 4) is 0 Å². The van der Waals surface area contributed by atoms with E-state index in [1.165, 1.54) is 0 Å². The van der Waals surface area contributed by atoms with Crippen LogP contribution < -0.4 is 0 Å². The third kappa shape index (κ3) is 6.93. The molecule has 0 bridgehead atoms. The van der Waals surface area contributed by atoms with Crippen LogP contribution in [0.3, 0.4) is 0 Å². The van der Waals surface area contributed by atoms with Crippen molar-refractivity contribution in [2.24, 2.45) is 5.92 Å². The van der Waals surface area contributed by atoms with E-state index in [1.54, 1.807) is 0 Å². The van der Waals surface area contributed by atoms with Gasteiger partial charge in [0.05, 0.1) is 0 Å². The lowest BCUT2D eigenvalue weighted by Gasteiger charge is -2.20. The Morgan fingerprint density at radius 2 is 1.94 bits per heavy atom. The summed E-state index contributed by atoms with van der Waals surface area (Å²) < 4.78 is 41.5. The van der Waals surface area contributed by atoms with Gasteiger partial charge in [0.15, 0.2) is 0 Å². The van der Waals surface area contributed by atoms with Crippen molar-refractivity contribution in [2.45, 2.75) is 39.5 Å². The lowest BCUT2D eigenvalue weighted by molar-refractivity contribution is 0.112. The molecule has 0 spiro atoms. The van der Waals surface area contributed by atoms with Crippen LogP contribution in [-0.2, 0) is 4.74 Å². The Balaban J connectivity index is 3.74. The van der Waals surface area contributed by atoms with E-state index in [2.05, 4.69) is 13.5 Å². The summed E-state index contributed by atoms with van der Waals surface area (Å²) >= 11 is 0. The molecule has 0 saturated heterocycles. The van der Waals surface area contributed by atoms with Gasteiger partial charge >= 0.3 is 6.98 Å². The van der Waals surface area contributed by atoms with Crippen molar-refractivity contribution >= 4 is 6.98 Å². The molecule has 1 unspecified atom stereocenters. The normalized spacial score (nSPS) is 13.8. The van der Waals surface area contributed by atoms with Crippen LogP contribution in [0.5, 0.6) is 0 Å². The van der Waals surface area contributed by atoms with Gasteiger partial charge in [0.2, 0.25) is 0 Å². The molecule has 0 aliphatic rings. The van der Waals surface area contributed by atoms with Gasteiger partial charge in [-0.25, -0.2) is 0 Å². The van der Waals surface area contributed by atoms with E-state index >= 15 is 0 Å². The SMILES string of the molecule is C=C(COCC(CC)CCCC)[B-](F)(F)F. The van der Waals surface area contributed by atoms with Gasteiger partial charge in [-0.1, -0.05) is 33.1 Å². The molecular formula is C11H21BF3O-. The van der Waals surface area contributed by atoms with Gasteiger partial charge in [-0.05, 0) is 12.3 Å². The zero-order valence-electron chi connectivity index (χ0n) is 10.1. The highest BCUT2D eigenvalue weighted by atomic mass is 19.4. The van der Waals surface area contributed by atoms with Crippen LogP contribution in [0.15, 0.2) is 12.1 Å². The summed E-state index contributed by atoms with van der Waals surface area (Å²) in [5, 5.41) is 0. The summed E-state index contributed by atoms with van der Waals surface area (Å²) in [4.78, 5) is 0. The summed E-state index contributed by atoms with van der Waals surface area (Å²) in [5.41, 5.74) is -0.745. The molecule has 5 heteroatoms. The molecule has 0 amide bonds. The van der Waals surface area contributed by atoms with Crippen molar-refractivity contribution in [3.05, 3.63) is 12.1 Å². The highest BCUT2D eigenvalue weighted by molar-refractivity contribution is 6.66. The molecule has 16 heavy (non-hydrogen) atoms. The molecule has 96 valence electrons. The van der Waals surface area contributed by atoms with Gasteiger partial charge in [0.1, 0.15) is 0 Å². The van der Waals surface area contributed by atoms with Crippen LogP contribution in [0.25, 0.3) is 0 Å². The van der Waals surface area contributed by atoms with E-state index in [9.17, 15) is 12.9 Å². The average Bonchev–Trinajstić information content (AvgIpc) is 2.21. The first-order chi connectivity index (χ1) is 7.41. The first-order valence-corrected chi connectivity index (χ1v) is 5.87. The Hall–Kier alpha value is -0.445. The number of hydrogen-bond donors (Lipinski definition) is 0. The number of rotatable bonds is 9. The Labute approximate surface area is 96.1 Å². The maximum Gasteiger partial charge on any atom is 0.507 e. The Kier molecular flexibility index (Phi) is 7.55. The van der Waals surface area contributed by atoms with Crippen LogP contribution in [0, 0.1) is 5.92 Å². The number of unbranched alkanes of at least 4 members (excludes halogenated alkanes) is 1. The molecule has 0 fully saturated rings. The summed E-state index contributed by atoms with van der Waals surface area (Å²) in [6, 6.07) is 0. The molecule has 0 aliphatic heterocycles. The highest BCUT2D eigenvalue weighted by Crippen LogP contribution is 2.19. The van der Waals surface area contributed by atoms with E-state index in [0.717, 1.165) is 25.7 Å². The van der Waals surface area contributed by atoms with Crippen molar-refractivity contribution in [1.29, 1.82) is 0 Å². The first-order valence-electron chi connectivity index (χ1n) is 5.87. The van der Waals surface area contributed by atoms with Gasteiger partial charge in [-0.2, -0.15) is 0 Å². The van der Waals surface area contributed by atoms with E-state index < -0.39 is 12.4 Å². The fourth-order valence-electron chi connectivity index (χ4n) is 1.35. The van der Waals surface area contributed by atoms with Gasteiger partial charge in [-0.15, -0.1) is 12.1 Å². The minimum atomic E-state index is -4.94. The smallest absolute Gasteiger partial charge is 0.445 e. The molecule has 0 heterocycles. The molecule has 0 aliphatic carbocycles. The summed E-state index contributed by atoms with van der Waals surface area (Å²) in [6.07, 6.45) is 4.18. The topological polar surface area (TPSA) is 9.23 Å². The molecule has 0 rings (SSSR count). The van der Waals surface area contributed by atoms with Gasteiger partial charge in [-0.3, -0.25) is 0 Å². The Morgan fingerprint density at radius 3 is 2.38 bits per heavy atom. The molecular weight excluding hydrogens is 216 g/mol. The van der Waals surface area contributed by atoms with E-state index in [-0.39, 0.29) is 6.61 Å². The van der Waals surface area contributed by atoms with Crippen molar-refractivity contribution in [1.82, 2.24) is 0 Å². The quantitative estimate of drug-likeness (QED) is 0.547. The minimum Gasteiger partial charge on any atom is -0.445 e. The maximum absolute atomic E-state index is 12.1. The van der Waals surface area contributed by atoms with Gasteiger partial charge < -0.3 is 17.7 Å². The zero-order chi connectivity index (χ0) is 12.6. The largest absolute Gasteiger partial charge is 0.507 e. The minimum absolute atomic E-state index is 0.369. The van der Waals surface area contributed by atoms with Crippen molar-refractivity contribution in [3.63, 3.8) is 0 Å². The predicted octanol–water partition coefficient (Wildman–Crippen LogP) is 4.16. The molecule has 0 aromatic heterocycles. The Morgan fingerprint density at radius 1 is 1.31 bits per heavy atom. The van der Waals surface area contributed by atoms with Crippen molar-refractivity contribution in [2.75, 3.05) is 13.2 Å². The zero-order valence-corrected chi connectivity index (χ0v) is 10.1. The number of ether oxygens (including phenoxy) is 1. The van der Waals surface area contributed by atoms with Crippen molar-refractivity contribution < 1.29 is 17.7 Å². The monoisotopic (exact) mass is 237 g/mol. The second kappa shape index (κ2) is 7.77. The standard InChI is InChI=1S/C11H21BF3O/c1-4-6-7-11(5-2)9-16-8-10(3)12(13,14)15/h11H,3-9H2,1-2H3/q-1. The average molecular weight is 237 g/mol. The second-order valence-electron chi connectivity index (χ2n) is 4.16. The number of hydrogen-bond acceptors (Lipinski definition) is 1. The molecule has 1 nitrogen and oxygen atoms in total. The predicted molar refractivity (Wildman–Crippen MR) is 62.3 cm³/mol. The van der Waals surface area contributed by atoms with E-state index in [4.69, 9.17) is 4.74 Å². The summed E-state index contributed by atoms with van der Waals surface area (Å²) in [5.74, 6) is 0.369. The molecule has 0 saturated carbocycles. The summed E-state index contributed by atoms with van der Waals surface area (Å²) in [6.45, 7) is 2.20. The molecule has 1 atom stereocenters. The molecule has 0 radical (unpaired) electrons. The van der Waals surface area contributed by atoms with E-state index in [0.29, 0.717) is 12.5 Å². The third-order valence-corrected chi connectivity index (χ3v) is 2.65. The molecule has 0 aromatic rings. The van der Waals surface area contributed by atoms with Gasteiger partial charge in [0, 0.05) is 13.2 Å². The molecule has 0 aromatic carbocycles. The lowest BCUT2D eigenvalue weighted by atomic mass is 9.81. The van der Waals surface area contributed by atoms with Crippen LogP contribution in [0.4, 0.5) is 12.9 Å². The fraction of sp³-hybridized carbons (Fsp3) is 0.818. The van der Waals surface area contributed by atoms with Crippen LogP contribution in [-0.4, -0.2) is 20.2 Å².